The van der Waals surface area contributed by atoms with E-state index in [9.17, 15) is 28.3 Å². The fraction of sp³-hybridized carbons (Fsp3) is 0.387. The third-order valence-electron chi connectivity index (χ3n) is 8.79. The molecule has 1 saturated heterocycles. The van der Waals surface area contributed by atoms with E-state index >= 15 is 0 Å². The topological polar surface area (TPSA) is 150 Å². The number of carbonyl (C=O) groups excluding carboxylic acids is 2. The van der Waals surface area contributed by atoms with Gasteiger partial charge in [-0.1, -0.05) is 17.7 Å². The maximum atomic E-state index is 14.2. The van der Waals surface area contributed by atoms with Gasteiger partial charge in [-0.3, -0.25) is 14.4 Å². The molecule has 13 nitrogen and oxygen atoms in total. The molecule has 1 aromatic carbocycles. The number of carbonyl (C=O) groups is 2. The van der Waals surface area contributed by atoms with Crippen molar-refractivity contribution in [3.63, 3.8) is 0 Å². The number of alkyl halides is 2. The van der Waals surface area contributed by atoms with Crippen LogP contribution in [0.3, 0.4) is 0 Å². The second-order valence-electron chi connectivity index (χ2n) is 11.8. The quantitative estimate of drug-likeness (QED) is 0.299. The summed E-state index contributed by atoms with van der Waals surface area (Å²) in [5.74, 6) is -0.744. The lowest BCUT2D eigenvalue weighted by Crippen LogP contribution is -2.67. The number of piperazine rings is 1. The fourth-order valence-electron chi connectivity index (χ4n) is 6.16. The third-order valence-corrected chi connectivity index (χ3v) is 9.11. The highest BCUT2D eigenvalue weighted by Gasteiger charge is 2.47. The summed E-state index contributed by atoms with van der Waals surface area (Å²) in [7, 11) is 3.54. The van der Waals surface area contributed by atoms with Gasteiger partial charge in [-0.2, -0.15) is 0 Å². The van der Waals surface area contributed by atoms with E-state index in [1.807, 2.05) is 4.90 Å². The van der Waals surface area contributed by atoms with Crippen LogP contribution in [-0.4, -0.2) is 85.6 Å². The second kappa shape index (κ2) is 12.4. The predicted octanol–water partition coefficient (Wildman–Crippen LogP) is 3.69. The molecule has 0 radical (unpaired) electrons. The van der Waals surface area contributed by atoms with E-state index in [1.165, 1.54) is 24.7 Å². The SMILES string of the molecule is Cc1ncnc(C(=O)N2CCN(c3c(C)n(CC(=O)Nc4ccc(C(F)F)cc4Cl)c4ncc(N(C)C)nc4c3=O)[C@H]3CC[C@@H]32)c1O. The monoisotopic (exact) mass is 667 g/mol. The van der Waals surface area contributed by atoms with Crippen molar-refractivity contribution < 1.29 is 23.5 Å². The highest BCUT2D eigenvalue weighted by Crippen LogP contribution is 2.38. The van der Waals surface area contributed by atoms with Gasteiger partial charge in [0.1, 0.15) is 24.4 Å². The maximum absolute atomic E-state index is 14.2. The lowest BCUT2D eigenvalue weighted by molar-refractivity contribution is -0.116. The third kappa shape index (κ3) is 5.68. The number of benzene rings is 1. The van der Waals surface area contributed by atoms with Crippen molar-refractivity contribution in [1.29, 1.82) is 0 Å². The zero-order valence-corrected chi connectivity index (χ0v) is 26.8. The van der Waals surface area contributed by atoms with Crippen molar-refractivity contribution >= 4 is 51.8 Å². The molecule has 2 aliphatic rings. The molecule has 2 atom stereocenters. The molecule has 2 fully saturated rings. The molecule has 2 amide bonds. The Kier molecular flexibility index (Phi) is 8.42. The molecule has 0 unspecified atom stereocenters. The molecular formula is C31H32ClF2N9O4. The average Bonchev–Trinajstić information content (AvgIpc) is 3.01. The number of amides is 2. The van der Waals surface area contributed by atoms with Crippen LogP contribution in [0.25, 0.3) is 11.2 Å². The largest absolute Gasteiger partial charge is 0.504 e. The second-order valence-corrected chi connectivity index (χ2v) is 12.2. The minimum atomic E-state index is -2.71. The van der Waals surface area contributed by atoms with Crippen LogP contribution >= 0.6 is 11.6 Å². The molecule has 4 aromatic rings. The van der Waals surface area contributed by atoms with Crippen LogP contribution in [0.1, 0.15) is 46.7 Å². The van der Waals surface area contributed by atoms with Gasteiger partial charge in [-0.15, -0.1) is 0 Å². The van der Waals surface area contributed by atoms with Crippen LogP contribution in [0.15, 0.2) is 35.5 Å². The Labute approximate surface area is 272 Å². The number of pyridine rings is 1. The highest BCUT2D eigenvalue weighted by atomic mass is 35.5. The first-order chi connectivity index (χ1) is 22.4. The number of aromatic nitrogens is 5. The number of fused-ring (bicyclic) bond motifs is 2. The van der Waals surface area contributed by atoms with Crippen LogP contribution in [-0.2, 0) is 11.3 Å². The zero-order valence-electron chi connectivity index (χ0n) is 26.0. The molecule has 246 valence electrons. The van der Waals surface area contributed by atoms with Crippen molar-refractivity contribution in [3.05, 3.63) is 68.6 Å². The predicted molar refractivity (Wildman–Crippen MR) is 172 cm³/mol. The van der Waals surface area contributed by atoms with E-state index in [0.717, 1.165) is 6.07 Å². The molecule has 3 aromatic heterocycles. The Morgan fingerprint density at radius 2 is 1.87 bits per heavy atom. The van der Waals surface area contributed by atoms with Gasteiger partial charge in [0.25, 0.3) is 12.3 Å². The first-order valence-corrected chi connectivity index (χ1v) is 15.3. The molecule has 1 aliphatic carbocycles. The number of anilines is 3. The number of rotatable bonds is 7. The Morgan fingerprint density at radius 1 is 1.13 bits per heavy atom. The fourth-order valence-corrected chi connectivity index (χ4v) is 6.40. The highest BCUT2D eigenvalue weighted by molar-refractivity contribution is 6.33. The van der Waals surface area contributed by atoms with E-state index in [1.54, 1.807) is 42.3 Å². The summed E-state index contributed by atoms with van der Waals surface area (Å²) in [5, 5.41) is 13.1. The number of aromatic hydroxyl groups is 1. The van der Waals surface area contributed by atoms with Crippen molar-refractivity contribution in [1.82, 2.24) is 29.4 Å². The minimum absolute atomic E-state index is 0.0392. The number of hydrogen-bond acceptors (Lipinski definition) is 10. The zero-order chi connectivity index (χ0) is 33.7. The maximum Gasteiger partial charge on any atom is 0.276 e. The first kappa shape index (κ1) is 32.0. The summed E-state index contributed by atoms with van der Waals surface area (Å²) in [6.07, 6.45) is 1.43. The molecule has 6 rings (SSSR count). The molecular weight excluding hydrogens is 636 g/mol. The smallest absolute Gasteiger partial charge is 0.276 e. The van der Waals surface area contributed by atoms with Gasteiger partial charge >= 0.3 is 0 Å². The molecule has 4 heterocycles. The van der Waals surface area contributed by atoms with E-state index in [-0.39, 0.29) is 69.5 Å². The van der Waals surface area contributed by atoms with E-state index in [4.69, 9.17) is 11.6 Å². The molecule has 47 heavy (non-hydrogen) atoms. The molecule has 0 spiro atoms. The lowest BCUT2D eigenvalue weighted by atomic mass is 9.81. The number of nitrogens with zero attached hydrogens (tertiary/aromatic N) is 8. The lowest BCUT2D eigenvalue weighted by Gasteiger charge is -2.54. The molecule has 16 heteroatoms. The summed E-state index contributed by atoms with van der Waals surface area (Å²) in [4.78, 5) is 63.5. The van der Waals surface area contributed by atoms with Crippen LogP contribution in [0.2, 0.25) is 5.02 Å². The summed E-state index contributed by atoms with van der Waals surface area (Å²) >= 11 is 6.19. The molecule has 0 bridgehead atoms. The van der Waals surface area contributed by atoms with Gasteiger partial charge in [-0.25, -0.2) is 28.7 Å². The van der Waals surface area contributed by atoms with Crippen LogP contribution in [0, 0.1) is 13.8 Å². The van der Waals surface area contributed by atoms with Gasteiger partial charge in [0, 0.05) is 44.5 Å². The first-order valence-electron chi connectivity index (χ1n) is 14.9. The summed E-state index contributed by atoms with van der Waals surface area (Å²) in [5.41, 5.74) is 0.849. The molecule has 1 saturated carbocycles. The van der Waals surface area contributed by atoms with E-state index in [0.29, 0.717) is 42.3 Å². The number of halogens is 3. The van der Waals surface area contributed by atoms with E-state index < -0.39 is 18.2 Å². The van der Waals surface area contributed by atoms with Crippen LogP contribution < -0.4 is 20.5 Å². The Morgan fingerprint density at radius 3 is 2.53 bits per heavy atom. The van der Waals surface area contributed by atoms with Gasteiger partial charge in [0.05, 0.1) is 28.6 Å². The molecule has 2 N–H and O–H groups in total. The van der Waals surface area contributed by atoms with Crippen LogP contribution in [0.4, 0.5) is 26.0 Å². The van der Waals surface area contributed by atoms with Gasteiger partial charge in [-0.05, 0) is 38.8 Å². The van der Waals surface area contributed by atoms with E-state index in [2.05, 4.69) is 25.3 Å². The van der Waals surface area contributed by atoms with Crippen LogP contribution in [0.5, 0.6) is 5.75 Å². The average molecular weight is 668 g/mol. The van der Waals surface area contributed by atoms with Gasteiger partial charge < -0.3 is 29.7 Å². The number of aryl methyl sites for hydroxylation is 1. The van der Waals surface area contributed by atoms with Crippen molar-refractivity contribution in [2.24, 2.45) is 0 Å². The number of hydrogen-bond donors (Lipinski definition) is 2. The Balaban J connectivity index is 1.36. The minimum Gasteiger partial charge on any atom is -0.504 e. The molecule has 1 aliphatic heterocycles. The van der Waals surface area contributed by atoms with Crippen molar-refractivity contribution in [3.8, 4) is 5.75 Å². The Bertz CT molecular complexity index is 1970. The number of nitrogens with one attached hydrogen (secondary N) is 1. The summed E-state index contributed by atoms with van der Waals surface area (Å²) in [6.45, 7) is 3.60. The summed E-state index contributed by atoms with van der Waals surface area (Å²) < 4.78 is 27.8. The Hall–Kier alpha value is -4.92. The van der Waals surface area contributed by atoms with Crippen molar-refractivity contribution in [2.75, 3.05) is 42.3 Å². The van der Waals surface area contributed by atoms with Gasteiger partial charge in [0.2, 0.25) is 11.3 Å². The van der Waals surface area contributed by atoms with Gasteiger partial charge in [0.15, 0.2) is 22.6 Å². The standard InChI is InChI=1S/C31H32ClF2N9O4/c1-15-27(45)25(37-14-36-15)31(47)42-10-9-41(20-7-8-21(20)42)26-16(2)43(30-24(28(26)46)39-22(12-35-30)40(3)4)13-23(44)38-19-6-5-17(29(33)34)11-18(19)32/h5-6,11-12,14,20-21,29,45H,7-10,13H2,1-4H3,(H,38,44)/t20-,21-/m0/s1. The van der Waals surface area contributed by atoms with Crippen molar-refractivity contribution in [2.45, 2.75) is 51.7 Å². The normalized spacial score (nSPS) is 17.4. The summed E-state index contributed by atoms with van der Waals surface area (Å²) in [6, 6.07) is 3.15.